The van der Waals surface area contributed by atoms with Crippen molar-refractivity contribution >= 4 is 17.7 Å². The second-order valence-corrected chi connectivity index (χ2v) is 3.64. The van der Waals surface area contributed by atoms with Crippen molar-refractivity contribution in [2.45, 2.75) is 26.3 Å². The highest BCUT2D eigenvalue weighted by Gasteiger charge is 2.11. The zero-order valence-corrected chi connectivity index (χ0v) is 9.69. The number of hydrogen-bond acceptors (Lipinski definition) is 5. The van der Waals surface area contributed by atoms with Crippen LogP contribution in [0.5, 0.6) is 0 Å². The number of nitrogens with one attached hydrogen (secondary N) is 2. The number of carbonyl (C=O) groups excluding carboxylic acids is 1. The third kappa shape index (κ3) is 4.64. The van der Waals surface area contributed by atoms with E-state index in [-0.39, 0.29) is 18.9 Å². The Morgan fingerprint density at radius 2 is 2.29 bits per heavy atom. The Hall–Kier alpha value is -1.89. The molecule has 3 N–H and O–H groups in total. The maximum absolute atomic E-state index is 11.4. The number of carbonyl (C=O) groups is 2. The lowest BCUT2D eigenvalue weighted by Crippen LogP contribution is -2.35. The van der Waals surface area contributed by atoms with Gasteiger partial charge in [-0.1, -0.05) is 5.16 Å². The number of anilines is 1. The molecule has 1 aromatic rings. The standard InChI is InChI=1S/C10H15N3O4/c1-6-5-8(13-17-6)12-9(14)3-4-11-7(2)10(15)16/h5,7,11H,3-4H2,1-2H3,(H,15,16)(H,12,13,14). The lowest BCUT2D eigenvalue weighted by Gasteiger charge is -2.08. The Kier molecular flexibility index (Phi) is 4.65. The van der Waals surface area contributed by atoms with Gasteiger partial charge in [0.05, 0.1) is 0 Å². The van der Waals surface area contributed by atoms with Crippen LogP contribution in [-0.2, 0) is 9.59 Å². The summed E-state index contributed by atoms with van der Waals surface area (Å²) in [4.78, 5) is 21.9. The highest BCUT2D eigenvalue weighted by molar-refractivity contribution is 5.89. The summed E-state index contributed by atoms with van der Waals surface area (Å²) in [5.74, 6) is -0.224. The van der Waals surface area contributed by atoms with Crippen LogP contribution in [0.1, 0.15) is 19.1 Å². The number of hydrogen-bond donors (Lipinski definition) is 3. The third-order valence-corrected chi connectivity index (χ3v) is 2.07. The van der Waals surface area contributed by atoms with Crippen molar-refractivity contribution in [2.24, 2.45) is 0 Å². The number of aromatic nitrogens is 1. The summed E-state index contributed by atoms with van der Waals surface area (Å²) in [6.45, 7) is 3.52. The second-order valence-electron chi connectivity index (χ2n) is 3.64. The van der Waals surface area contributed by atoms with E-state index in [0.29, 0.717) is 11.6 Å². The van der Waals surface area contributed by atoms with Crippen LogP contribution >= 0.6 is 0 Å². The molecule has 1 heterocycles. The molecule has 94 valence electrons. The van der Waals surface area contributed by atoms with E-state index >= 15 is 0 Å². The van der Waals surface area contributed by atoms with Gasteiger partial charge in [0.25, 0.3) is 0 Å². The molecule has 0 spiro atoms. The van der Waals surface area contributed by atoms with Crippen LogP contribution in [-0.4, -0.2) is 34.7 Å². The minimum absolute atomic E-state index is 0.170. The maximum atomic E-state index is 11.4. The molecule has 1 atom stereocenters. The highest BCUT2D eigenvalue weighted by Crippen LogP contribution is 2.06. The van der Waals surface area contributed by atoms with Crippen molar-refractivity contribution in [3.8, 4) is 0 Å². The average molecular weight is 241 g/mol. The normalized spacial score (nSPS) is 12.1. The summed E-state index contributed by atoms with van der Waals surface area (Å²) in [5, 5.41) is 17.4. The Morgan fingerprint density at radius 3 is 2.82 bits per heavy atom. The van der Waals surface area contributed by atoms with Gasteiger partial charge < -0.3 is 20.3 Å². The zero-order valence-electron chi connectivity index (χ0n) is 9.69. The first kappa shape index (κ1) is 13.2. The van der Waals surface area contributed by atoms with Crippen LogP contribution in [0, 0.1) is 6.92 Å². The Labute approximate surface area is 98.2 Å². The molecule has 0 radical (unpaired) electrons. The fourth-order valence-electron chi connectivity index (χ4n) is 1.12. The molecule has 0 bridgehead atoms. The van der Waals surface area contributed by atoms with Gasteiger partial charge in [-0.15, -0.1) is 0 Å². The molecule has 0 aliphatic rings. The third-order valence-electron chi connectivity index (χ3n) is 2.07. The summed E-state index contributed by atoms with van der Waals surface area (Å²) >= 11 is 0. The van der Waals surface area contributed by atoms with Crippen molar-refractivity contribution in [3.05, 3.63) is 11.8 Å². The molecule has 1 unspecified atom stereocenters. The molecular weight excluding hydrogens is 226 g/mol. The van der Waals surface area contributed by atoms with Gasteiger partial charge >= 0.3 is 5.97 Å². The average Bonchev–Trinajstić information content (AvgIpc) is 2.63. The molecule has 1 amide bonds. The van der Waals surface area contributed by atoms with Crippen LogP contribution < -0.4 is 10.6 Å². The molecule has 0 aliphatic heterocycles. The first-order valence-corrected chi connectivity index (χ1v) is 5.18. The van der Waals surface area contributed by atoms with Gasteiger partial charge in [-0.3, -0.25) is 9.59 Å². The molecule has 7 heteroatoms. The largest absolute Gasteiger partial charge is 0.480 e. The van der Waals surface area contributed by atoms with E-state index in [4.69, 9.17) is 9.63 Å². The molecule has 1 aromatic heterocycles. The first-order valence-electron chi connectivity index (χ1n) is 5.18. The van der Waals surface area contributed by atoms with Gasteiger partial charge in [0.15, 0.2) is 5.82 Å². The summed E-state index contributed by atoms with van der Waals surface area (Å²) in [6.07, 6.45) is 0.170. The molecule has 7 nitrogen and oxygen atoms in total. The van der Waals surface area contributed by atoms with Gasteiger partial charge in [-0.05, 0) is 13.8 Å². The molecule has 1 rings (SSSR count). The molecule has 0 saturated heterocycles. The number of aryl methyl sites for hydroxylation is 1. The smallest absolute Gasteiger partial charge is 0.320 e. The maximum Gasteiger partial charge on any atom is 0.320 e. The topological polar surface area (TPSA) is 104 Å². The van der Waals surface area contributed by atoms with Crippen LogP contribution in [0.3, 0.4) is 0 Å². The molecule has 0 aliphatic carbocycles. The number of rotatable bonds is 6. The lowest BCUT2D eigenvalue weighted by atomic mass is 10.3. The molecular formula is C10H15N3O4. The van der Waals surface area contributed by atoms with Crippen molar-refractivity contribution < 1.29 is 19.2 Å². The summed E-state index contributed by atoms with van der Waals surface area (Å²) in [7, 11) is 0. The number of carboxylic acid groups (broad SMARTS) is 1. The summed E-state index contributed by atoms with van der Waals surface area (Å²) in [5.41, 5.74) is 0. The first-order chi connectivity index (χ1) is 7.99. The zero-order chi connectivity index (χ0) is 12.8. The van der Waals surface area contributed by atoms with Crippen molar-refractivity contribution in [1.82, 2.24) is 10.5 Å². The van der Waals surface area contributed by atoms with Gasteiger partial charge in [0, 0.05) is 19.0 Å². The van der Waals surface area contributed by atoms with Gasteiger partial charge in [0.2, 0.25) is 5.91 Å². The summed E-state index contributed by atoms with van der Waals surface area (Å²) < 4.78 is 4.78. The SMILES string of the molecule is Cc1cc(NC(=O)CCNC(C)C(=O)O)no1. The molecule has 0 saturated carbocycles. The van der Waals surface area contributed by atoms with Crippen molar-refractivity contribution in [3.63, 3.8) is 0 Å². The predicted octanol–water partition coefficient (Wildman–Crippen LogP) is 0.374. The van der Waals surface area contributed by atoms with Crippen molar-refractivity contribution in [1.29, 1.82) is 0 Å². The number of carboxylic acids is 1. The van der Waals surface area contributed by atoms with Crippen LogP contribution in [0.4, 0.5) is 5.82 Å². The van der Waals surface area contributed by atoms with E-state index in [0.717, 1.165) is 0 Å². The summed E-state index contributed by atoms with van der Waals surface area (Å²) in [6, 6.07) is 0.933. The van der Waals surface area contributed by atoms with E-state index < -0.39 is 12.0 Å². The van der Waals surface area contributed by atoms with Crippen LogP contribution in [0.2, 0.25) is 0 Å². The Morgan fingerprint density at radius 1 is 1.59 bits per heavy atom. The Bertz CT molecular complexity index is 402. The van der Waals surface area contributed by atoms with E-state index in [1.807, 2.05) is 0 Å². The lowest BCUT2D eigenvalue weighted by molar-refractivity contribution is -0.139. The van der Waals surface area contributed by atoms with E-state index in [1.54, 1.807) is 13.0 Å². The minimum Gasteiger partial charge on any atom is -0.480 e. The monoisotopic (exact) mass is 241 g/mol. The predicted molar refractivity (Wildman–Crippen MR) is 59.6 cm³/mol. The fraction of sp³-hybridized carbons (Fsp3) is 0.500. The molecule has 0 aromatic carbocycles. The highest BCUT2D eigenvalue weighted by atomic mass is 16.5. The Balaban J connectivity index is 2.24. The molecule has 0 fully saturated rings. The quantitative estimate of drug-likeness (QED) is 0.664. The second kappa shape index (κ2) is 6.00. The van der Waals surface area contributed by atoms with E-state index in [2.05, 4.69) is 15.8 Å². The minimum atomic E-state index is -0.947. The van der Waals surface area contributed by atoms with E-state index in [9.17, 15) is 9.59 Å². The fourth-order valence-corrected chi connectivity index (χ4v) is 1.12. The van der Waals surface area contributed by atoms with E-state index in [1.165, 1.54) is 6.92 Å². The van der Waals surface area contributed by atoms with Gasteiger partial charge in [-0.25, -0.2) is 0 Å². The van der Waals surface area contributed by atoms with Crippen molar-refractivity contribution in [2.75, 3.05) is 11.9 Å². The van der Waals surface area contributed by atoms with Crippen LogP contribution in [0.15, 0.2) is 10.6 Å². The molecule has 17 heavy (non-hydrogen) atoms. The van der Waals surface area contributed by atoms with Gasteiger partial charge in [-0.2, -0.15) is 0 Å². The number of aliphatic carboxylic acids is 1. The number of nitrogens with zero attached hydrogens (tertiary/aromatic N) is 1. The van der Waals surface area contributed by atoms with Gasteiger partial charge in [0.1, 0.15) is 11.8 Å². The van der Waals surface area contributed by atoms with Crippen LogP contribution in [0.25, 0.3) is 0 Å². The number of amides is 1.